The molecule has 0 spiro atoms. The number of fused-ring (bicyclic) bond motifs is 1. The van der Waals surface area contributed by atoms with Crippen LogP contribution in [0.25, 0.3) is 0 Å². The fourth-order valence-electron chi connectivity index (χ4n) is 2.65. The summed E-state index contributed by atoms with van der Waals surface area (Å²) in [5.41, 5.74) is 2.28. The summed E-state index contributed by atoms with van der Waals surface area (Å²) in [6.45, 7) is 4.43. The molecule has 1 atom stereocenters. The summed E-state index contributed by atoms with van der Waals surface area (Å²) in [5.74, 6) is 0. The van der Waals surface area contributed by atoms with Gasteiger partial charge in [-0.05, 0) is 37.8 Å². The van der Waals surface area contributed by atoms with Crippen molar-refractivity contribution in [2.75, 3.05) is 11.5 Å². The summed E-state index contributed by atoms with van der Waals surface area (Å²) in [6.07, 6.45) is 4.00. The molecule has 0 radical (unpaired) electrons. The van der Waals surface area contributed by atoms with Crippen LogP contribution in [-0.2, 0) is 11.2 Å². The molecule has 0 bridgehead atoms. The van der Waals surface area contributed by atoms with Crippen LogP contribution in [0, 0.1) is 0 Å². The van der Waals surface area contributed by atoms with Crippen LogP contribution in [0.3, 0.4) is 0 Å². The van der Waals surface area contributed by atoms with Gasteiger partial charge in [-0.25, -0.2) is 4.79 Å². The molecular formula is C15H21NO2. The number of carbonyl (C=O) groups is 1. The van der Waals surface area contributed by atoms with Crippen LogP contribution in [-0.4, -0.2) is 18.7 Å². The highest BCUT2D eigenvalue weighted by Gasteiger charge is 2.30. The SMILES string of the molecule is CCCC1CCc2ccccc2N1C(=O)OCC. The van der Waals surface area contributed by atoms with Crippen LogP contribution in [0.5, 0.6) is 0 Å². The lowest BCUT2D eigenvalue weighted by molar-refractivity contribution is 0.155. The van der Waals surface area contributed by atoms with E-state index in [0.717, 1.165) is 31.4 Å². The second-order valence-corrected chi connectivity index (χ2v) is 4.68. The van der Waals surface area contributed by atoms with E-state index in [1.54, 1.807) is 0 Å². The van der Waals surface area contributed by atoms with Crippen LogP contribution in [0.15, 0.2) is 24.3 Å². The molecule has 0 aliphatic carbocycles. The lowest BCUT2D eigenvalue weighted by Crippen LogP contribution is -2.44. The van der Waals surface area contributed by atoms with E-state index in [-0.39, 0.29) is 12.1 Å². The predicted octanol–water partition coefficient (Wildman–Crippen LogP) is 3.76. The van der Waals surface area contributed by atoms with E-state index in [9.17, 15) is 4.79 Å². The quantitative estimate of drug-likeness (QED) is 0.813. The van der Waals surface area contributed by atoms with Gasteiger partial charge in [0.25, 0.3) is 0 Å². The summed E-state index contributed by atoms with van der Waals surface area (Å²) in [7, 11) is 0. The van der Waals surface area contributed by atoms with Gasteiger partial charge in [-0.2, -0.15) is 0 Å². The molecule has 0 saturated carbocycles. The molecule has 1 aliphatic heterocycles. The van der Waals surface area contributed by atoms with Gasteiger partial charge in [0, 0.05) is 6.04 Å². The third kappa shape index (κ3) is 2.50. The van der Waals surface area contributed by atoms with Gasteiger partial charge in [0.15, 0.2) is 0 Å². The summed E-state index contributed by atoms with van der Waals surface area (Å²) < 4.78 is 5.20. The van der Waals surface area contributed by atoms with Crippen molar-refractivity contribution in [2.45, 2.75) is 45.6 Å². The molecule has 1 amide bonds. The molecule has 0 saturated heterocycles. The first kappa shape index (κ1) is 12.9. The first-order valence-corrected chi connectivity index (χ1v) is 6.81. The predicted molar refractivity (Wildman–Crippen MR) is 73.0 cm³/mol. The number of nitrogens with zero attached hydrogens (tertiary/aromatic N) is 1. The van der Waals surface area contributed by atoms with E-state index in [1.165, 1.54) is 5.56 Å². The summed E-state index contributed by atoms with van der Waals surface area (Å²) in [5, 5.41) is 0. The molecule has 1 heterocycles. The Morgan fingerprint density at radius 3 is 2.89 bits per heavy atom. The number of hydrogen-bond acceptors (Lipinski definition) is 2. The molecule has 1 unspecified atom stereocenters. The van der Waals surface area contributed by atoms with Crippen molar-refractivity contribution in [1.29, 1.82) is 0 Å². The Morgan fingerprint density at radius 2 is 2.17 bits per heavy atom. The molecular weight excluding hydrogens is 226 g/mol. The fourth-order valence-corrected chi connectivity index (χ4v) is 2.65. The van der Waals surface area contributed by atoms with E-state index in [4.69, 9.17) is 4.74 Å². The smallest absolute Gasteiger partial charge is 0.414 e. The van der Waals surface area contributed by atoms with Crippen molar-refractivity contribution in [3.63, 3.8) is 0 Å². The Labute approximate surface area is 109 Å². The van der Waals surface area contributed by atoms with E-state index >= 15 is 0 Å². The number of rotatable bonds is 3. The minimum Gasteiger partial charge on any atom is -0.449 e. The Kier molecular flexibility index (Phi) is 4.24. The third-order valence-corrected chi connectivity index (χ3v) is 3.45. The van der Waals surface area contributed by atoms with Gasteiger partial charge in [-0.3, -0.25) is 4.90 Å². The van der Waals surface area contributed by atoms with Gasteiger partial charge < -0.3 is 4.74 Å². The molecule has 0 N–H and O–H groups in total. The topological polar surface area (TPSA) is 29.5 Å². The summed E-state index contributed by atoms with van der Waals surface area (Å²) in [4.78, 5) is 14.0. The number of benzene rings is 1. The van der Waals surface area contributed by atoms with Gasteiger partial charge in [-0.1, -0.05) is 31.5 Å². The lowest BCUT2D eigenvalue weighted by atomic mass is 9.93. The minimum absolute atomic E-state index is 0.205. The molecule has 0 fully saturated rings. The number of amides is 1. The maximum atomic E-state index is 12.1. The molecule has 0 aromatic heterocycles. The second kappa shape index (κ2) is 5.89. The van der Waals surface area contributed by atoms with Gasteiger partial charge in [-0.15, -0.1) is 0 Å². The van der Waals surface area contributed by atoms with E-state index < -0.39 is 0 Å². The first-order valence-electron chi connectivity index (χ1n) is 6.81. The van der Waals surface area contributed by atoms with Gasteiger partial charge in [0.1, 0.15) is 0 Å². The molecule has 2 rings (SSSR count). The summed E-state index contributed by atoms with van der Waals surface area (Å²) >= 11 is 0. The average molecular weight is 247 g/mol. The van der Waals surface area contributed by atoms with Crippen LogP contribution < -0.4 is 4.90 Å². The zero-order valence-corrected chi connectivity index (χ0v) is 11.2. The number of anilines is 1. The van der Waals surface area contributed by atoms with Crippen molar-refractivity contribution in [3.05, 3.63) is 29.8 Å². The highest BCUT2D eigenvalue weighted by molar-refractivity contribution is 5.90. The molecule has 1 aliphatic rings. The molecule has 3 heteroatoms. The van der Waals surface area contributed by atoms with Gasteiger partial charge in [0.2, 0.25) is 0 Å². The Morgan fingerprint density at radius 1 is 1.39 bits per heavy atom. The first-order chi connectivity index (χ1) is 8.77. The van der Waals surface area contributed by atoms with Crippen molar-refractivity contribution >= 4 is 11.8 Å². The van der Waals surface area contributed by atoms with Gasteiger partial charge >= 0.3 is 6.09 Å². The minimum atomic E-state index is -0.205. The Hall–Kier alpha value is -1.51. The van der Waals surface area contributed by atoms with Crippen molar-refractivity contribution in [3.8, 4) is 0 Å². The van der Waals surface area contributed by atoms with Crippen LogP contribution in [0.4, 0.5) is 10.5 Å². The summed E-state index contributed by atoms with van der Waals surface area (Å²) in [6, 6.07) is 8.42. The molecule has 1 aromatic carbocycles. The van der Waals surface area contributed by atoms with Crippen LogP contribution >= 0.6 is 0 Å². The number of ether oxygens (including phenoxy) is 1. The largest absolute Gasteiger partial charge is 0.449 e. The van der Waals surface area contributed by atoms with E-state index in [1.807, 2.05) is 30.0 Å². The monoisotopic (exact) mass is 247 g/mol. The average Bonchev–Trinajstić information content (AvgIpc) is 2.39. The lowest BCUT2D eigenvalue weighted by Gasteiger charge is -2.36. The Bertz CT molecular complexity index is 417. The van der Waals surface area contributed by atoms with Crippen molar-refractivity contribution in [2.24, 2.45) is 0 Å². The zero-order valence-electron chi connectivity index (χ0n) is 11.2. The standard InChI is InChI=1S/C15H21NO2/c1-3-7-13-11-10-12-8-5-6-9-14(12)16(13)15(17)18-4-2/h5-6,8-9,13H,3-4,7,10-11H2,1-2H3. The van der Waals surface area contributed by atoms with Crippen molar-refractivity contribution in [1.82, 2.24) is 0 Å². The van der Waals surface area contributed by atoms with Crippen LogP contribution in [0.1, 0.15) is 38.7 Å². The maximum absolute atomic E-state index is 12.1. The number of hydrogen-bond donors (Lipinski definition) is 0. The Balaban J connectivity index is 2.31. The molecule has 1 aromatic rings. The normalized spacial score (nSPS) is 18.3. The van der Waals surface area contributed by atoms with Gasteiger partial charge in [0.05, 0.1) is 12.3 Å². The second-order valence-electron chi connectivity index (χ2n) is 4.68. The highest BCUT2D eigenvalue weighted by atomic mass is 16.6. The maximum Gasteiger partial charge on any atom is 0.414 e. The van der Waals surface area contributed by atoms with Crippen LogP contribution in [0.2, 0.25) is 0 Å². The van der Waals surface area contributed by atoms with E-state index in [0.29, 0.717) is 6.61 Å². The van der Waals surface area contributed by atoms with Crippen molar-refractivity contribution < 1.29 is 9.53 Å². The van der Waals surface area contributed by atoms with E-state index in [2.05, 4.69) is 13.0 Å². The number of carbonyl (C=O) groups excluding carboxylic acids is 1. The fraction of sp³-hybridized carbons (Fsp3) is 0.533. The molecule has 18 heavy (non-hydrogen) atoms. The third-order valence-electron chi connectivity index (χ3n) is 3.45. The number of para-hydroxylation sites is 1. The molecule has 3 nitrogen and oxygen atoms in total. The highest BCUT2D eigenvalue weighted by Crippen LogP contribution is 2.32. The zero-order chi connectivity index (χ0) is 13.0. The molecule has 98 valence electrons. The number of aryl methyl sites for hydroxylation is 1.